The molecular weight excluding hydrogens is 190 g/mol. The summed E-state index contributed by atoms with van der Waals surface area (Å²) in [6, 6.07) is 0. The fourth-order valence-corrected chi connectivity index (χ4v) is 1.06. The number of unbranched alkanes of at least 4 members (excludes halogenated alkanes) is 3. The Kier molecular flexibility index (Phi) is 7.48. The SMILES string of the molecule is O=C(O)CCCCCCNC(=O)S. The zero-order chi connectivity index (χ0) is 10.1. The first-order chi connectivity index (χ1) is 6.13. The van der Waals surface area contributed by atoms with Crippen LogP contribution in [0.3, 0.4) is 0 Å². The first-order valence-corrected chi connectivity index (χ1v) is 4.76. The zero-order valence-corrected chi connectivity index (χ0v) is 8.35. The van der Waals surface area contributed by atoms with E-state index in [-0.39, 0.29) is 11.7 Å². The van der Waals surface area contributed by atoms with Crippen LogP contribution in [-0.4, -0.2) is 22.9 Å². The van der Waals surface area contributed by atoms with Gasteiger partial charge in [0.2, 0.25) is 0 Å². The van der Waals surface area contributed by atoms with Crippen molar-refractivity contribution >= 4 is 23.8 Å². The largest absolute Gasteiger partial charge is 0.481 e. The summed E-state index contributed by atoms with van der Waals surface area (Å²) in [7, 11) is 0. The van der Waals surface area contributed by atoms with Crippen molar-refractivity contribution in [3.63, 3.8) is 0 Å². The Morgan fingerprint density at radius 3 is 2.31 bits per heavy atom. The first kappa shape index (κ1) is 12.3. The molecule has 0 fully saturated rings. The van der Waals surface area contributed by atoms with Crippen molar-refractivity contribution in [1.29, 1.82) is 0 Å². The molecule has 4 nitrogen and oxygen atoms in total. The molecule has 0 aromatic rings. The lowest BCUT2D eigenvalue weighted by atomic mass is 10.1. The second kappa shape index (κ2) is 7.91. The van der Waals surface area contributed by atoms with Gasteiger partial charge in [0.15, 0.2) is 0 Å². The van der Waals surface area contributed by atoms with Gasteiger partial charge in [-0.05, 0) is 12.8 Å². The van der Waals surface area contributed by atoms with Crippen LogP contribution in [0.5, 0.6) is 0 Å². The van der Waals surface area contributed by atoms with Crippen molar-refractivity contribution in [2.75, 3.05) is 6.54 Å². The number of carbonyl (C=O) groups is 2. The van der Waals surface area contributed by atoms with Crippen molar-refractivity contribution in [3.8, 4) is 0 Å². The molecule has 2 N–H and O–H groups in total. The molecule has 0 unspecified atom stereocenters. The minimum absolute atomic E-state index is 0.235. The quantitative estimate of drug-likeness (QED) is 0.437. The second-order valence-corrected chi connectivity index (χ2v) is 3.20. The molecule has 0 aliphatic rings. The van der Waals surface area contributed by atoms with Crippen LogP contribution in [0.25, 0.3) is 0 Å². The number of carbonyl (C=O) groups excluding carboxylic acids is 1. The molecule has 0 rings (SSSR count). The van der Waals surface area contributed by atoms with Gasteiger partial charge in [-0.2, -0.15) is 0 Å². The number of thiol groups is 1. The molecule has 0 saturated heterocycles. The van der Waals surface area contributed by atoms with Gasteiger partial charge in [0.25, 0.3) is 5.24 Å². The third kappa shape index (κ3) is 11.3. The lowest BCUT2D eigenvalue weighted by Crippen LogP contribution is -2.17. The summed E-state index contributed by atoms with van der Waals surface area (Å²) in [4.78, 5) is 20.4. The molecule has 0 aromatic carbocycles. The molecule has 0 aromatic heterocycles. The number of nitrogens with one attached hydrogen (secondary N) is 1. The molecule has 76 valence electrons. The normalized spacial score (nSPS) is 9.62. The Labute approximate surface area is 83.1 Å². The Balaban J connectivity index is 3.00. The lowest BCUT2D eigenvalue weighted by Gasteiger charge is -2.00. The molecule has 0 atom stereocenters. The number of rotatable bonds is 7. The van der Waals surface area contributed by atoms with Gasteiger partial charge in [-0.25, -0.2) is 0 Å². The van der Waals surface area contributed by atoms with Crippen molar-refractivity contribution in [2.45, 2.75) is 32.1 Å². The predicted octanol–water partition coefficient (Wildman–Crippen LogP) is 1.66. The van der Waals surface area contributed by atoms with E-state index in [1.165, 1.54) is 0 Å². The molecule has 0 spiro atoms. The molecule has 0 aliphatic heterocycles. The van der Waals surface area contributed by atoms with E-state index < -0.39 is 5.97 Å². The average Bonchev–Trinajstić information content (AvgIpc) is 2.01. The number of amides is 1. The molecule has 0 radical (unpaired) electrons. The van der Waals surface area contributed by atoms with Crippen molar-refractivity contribution < 1.29 is 14.7 Å². The summed E-state index contributed by atoms with van der Waals surface area (Å²) in [5, 5.41) is 10.6. The Morgan fingerprint density at radius 2 is 1.77 bits per heavy atom. The topological polar surface area (TPSA) is 66.4 Å². The van der Waals surface area contributed by atoms with Crippen molar-refractivity contribution in [1.82, 2.24) is 5.32 Å². The molecule has 1 amide bonds. The maximum absolute atomic E-state index is 10.3. The highest BCUT2D eigenvalue weighted by molar-refractivity contribution is 7.96. The lowest BCUT2D eigenvalue weighted by molar-refractivity contribution is -0.137. The van der Waals surface area contributed by atoms with Gasteiger partial charge in [0.1, 0.15) is 0 Å². The number of hydrogen-bond acceptors (Lipinski definition) is 2. The van der Waals surface area contributed by atoms with E-state index in [1.807, 2.05) is 0 Å². The van der Waals surface area contributed by atoms with Crippen molar-refractivity contribution in [2.24, 2.45) is 0 Å². The molecule has 0 bridgehead atoms. The summed E-state index contributed by atoms with van der Waals surface area (Å²) in [6.45, 7) is 0.620. The monoisotopic (exact) mass is 205 g/mol. The van der Waals surface area contributed by atoms with E-state index in [4.69, 9.17) is 5.11 Å². The van der Waals surface area contributed by atoms with E-state index in [1.54, 1.807) is 0 Å². The number of carboxylic acids is 1. The van der Waals surface area contributed by atoms with Crippen LogP contribution >= 0.6 is 12.6 Å². The van der Waals surface area contributed by atoms with Gasteiger partial charge in [0, 0.05) is 13.0 Å². The fourth-order valence-electron chi connectivity index (χ4n) is 0.950. The van der Waals surface area contributed by atoms with Crippen LogP contribution in [0.15, 0.2) is 0 Å². The number of carboxylic acid groups (broad SMARTS) is 1. The summed E-state index contributed by atoms with van der Waals surface area (Å²) in [5.41, 5.74) is 0. The summed E-state index contributed by atoms with van der Waals surface area (Å²) in [5.74, 6) is -0.747. The number of aliphatic carboxylic acids is 1. The summed E-state index contributed by atoms with van der Waals surface area (Å²) in [6.07, 6.45) is 3.67. The smallest absolute Gasteiger partial charge is 0.303 e. The van der Waals surface area contributed by atoms with Gasteiger partial charge in [-0.3, -0.25) is 9.59 Å². The molecule has 0 saturated carbocycles. The van der Waals surface area contributed by atoms with Gasteiger partial charge in [0.05, 0.1) is 0 Å². The van der Waals surface area contributed by atoms with Crippen LogP contribution in [0.1, 0.15) is 32.1 Å². The molecular formula is C8H15NO3S. The summed E-state index contributed by atoms with van der Waals surface area (Å²) < 4.78 is 0. The highest BCUT2D eigenvalue weighted by atomic mass is 32.1. The Bertz CT molecular complexity index is 155. The Morgan fingerprint density at radius 1 is 1.15 bits per heavy atom. The molecule has 13 heavy (non-hydrogen) atoms. The van der Waals surface area contributed by atoms with E-state index in [0.29, 0.717) is 13.0 Å². The van der Waals surface area contributed by atoms with Crippen LogP contribution in [-0.2, 0) is 4.79 Å². The van der Waals surface area contributed by atoms with Crippen LogP contribution < -0.4 is 5.32 Å². The third-order valence-electron chi connectivity index (χ3n) is 1.59. The van der Waals surface area contributed by atoms with E-state index >= 15 is 0 Å². The third-order valence-corrected chi connectivity index (χ3v) is 1.75. The highest BCUT2D eigenvalue weighted by Crippen LogP contribution is 2.02. The standard InChI is InChI=1S/C8H15NO3S/c10-7(11)5-3-1-2-4-6-9-8(12)13/h1-6H2,(H,10,11)(H2,9,12,13). The first-order valence-electron chi connectivity index (χ1n) is 4.31. The maximum Gasteiger partial charge on any atom is 0.303 e. The average molecular weight is 205 g/mol. The van der Waals surface area contributed by atoms with Gasteiger partial charge in [-0.15, -0.1) is 0 Å². The Hall–Kier alpha value is -0.710. The van der Waals surface area contributed by atoms with Gasteiger partial charge in [-0.1, -0.05) is 25.5 Å². The predicted molar refractivity (Wildman–Crippen MR) is 53.1 cm³/mol. The molecule has 0 heterocycles. The second-order valence-electron chi connectivity index (χ2n) is 2.79. The number of hydrogen-bond donors (Lipinski definition) is 3. The van der Waals surface area contributed by atoms with Crippen LogP contribution in [0.2, 0.25) is 0 Å². The van der Waals surface area contributed by atoms with Crippen LogP contribution in [0, 0.1) is 0 Å². The summed E-state index contributed by atoms with van der Waals surface area (Å²) >= 11 is 3.54. The highest BCUT2D eigenvalue weighted by Gasteiger charge is 1.96. The van der Waals surface area contributed by atoms with Crippen LogP contribution in [0.4, 0.5) is 4.79 Å². The van der Waals surface area contributed by atoms with Crippen molar-refractivity contribution in [3.05, 3.63) is 0 Å². The minimum Gasteiger partial charge on any atom is -0.481 e. The fraction of sp³-hybridized carbons (Fsp3) is 0.750. The maximum atomic E-state index is 10.3. The molecule has 5 heteroatoms. The van der Waals surface area contributed by atoms with Gasteiger partial charge < -0.3 is 10.4 Å². The van der Waals surface area contributed by atoms with E-state index in [2.05, 4.69) is 17.9 Å². The zero-order valence-electron chi connectivity index (χ0n) is 7.45. The molecule has 0 aliphatic carbocycles. The van der Waals surface area contributed by atoms with E-state index in [0.717, 1.165) is 19.3 Å². The van der Waals surface area contributed by atoms with E-state index in [9.17, 15) is 9.59 Å². The minimum atomic E-state index is -0.747. The van der Waals surface area contributed by atoms with Gasteiger partial charge >= 0.3 is 5.97 Å².